The second-order valence-corrected chi connectivity index (χ2v) is 4.94. The van der Waals surface area contributed by atoms with Crippen LogP contribution in [0.1, 0.15) is 40.1 Å². The molecule has 0 spiro atoms. The zero-order chi connectivity index (χ0) is 15.6. The SMILES string of the molecule is CCN1OCC(NC(=O)c2ccc(C(C)=O)cc2C)C1=O. The van der Waals surface area contributed by atoms with Crippen molar-refractivity contribution in [1.82, 2.24) is 10.4 Å². The van der Waals surface area contributed by atoms with Crippen molar-refractivity contribution in [3.05, 3.63) is 34.9 Å². The molecule has 1 aromatic carbocycles. The number of likely N-dealkylation sites (N-methyl/N-ethyl adjacent to an activating group) is 1. The molecule has 1 atom stereocenters. The van der Waals surface area contributed by atoms with Crippen molar-refractivity contribution in [3.63, 3.8) is 0 Å². The van der Waals surface area contributed by atoms with Gasteiger partial charge in [0, 0.05) is 17.7 Å². The lowest BCUT2D eigenvalue weighted by atomic mass is 10.0. The highest BCUT2D eigenvalue weighted by molar-refractivity contribution is 6.00. The maximum Gasteiger partial charge on any atom is 0.271 e. The molecule has 0 aliphatic carbocycles. The third-order valence-electron chi connectivity index (χ3n) is 3.41. The van der Waals surface area contributed by atoms with Crippen LogP contribution in [0.4, 0.5) is 0 Å². The van der Waals surface area contributed by atoms with E-state index in [0.717, 1.165) is 0 Å². The van der Waals surface area contributed by atoms with Crippen LogP contribution in [0.15, 0.2) is 18.2 Å². The van der Waals surface area contributed by atoms with Gasteiger partial charge in [0.05, 0.1) is 0 Å². The molecule has 1 saturated heterocycles. The Morgan fingerprint density at radius 3 is 2.67 bits per heavy atom. The number of hydrogen-bond donors (Lipinski definition) is 1. The topological polar surface area (TPSA) is 75.7 Å². The first-order chi connectivity index (χ1) is 9.93. The first kappa shape index (κ1) is 15.2. The molecule has 1 aliphatic heterocycles. The van der Waals surface area contributed by atoms with E-state index in [-0.39, 0.29) is 24.2 Å². The van der Waals surface area contributed by atoms with E-state index in [1.807, 2.05) is 0 Å². The molecule has 6 nitrogen and oxygen atoms in total. The van der Waals surface area contributed by atoms with Crippen LogP contribution >= 0.6 is 0 Å². The number of carbonyl (C=O) groups is 3. The van der Waals surface area contributed by atoms with Gasteiger partial charge in [-0.05, 0) is 38.5 Å². The van der Waals surface area contributed by atoms with Crippen molar-refractivity contribution in [2.75, 3.05) is 13.2 Å². The average molecular weight is 290 g/mol. The molecule has 0 saturated carbocycles. The zero-order valence-electron chi connectivity index (χ0n) is 12.3. The molecule has 2 rings (SSSR count). The van der Waals surface area contributed by atoms with Crippen LogP contribution in [0.3, 0.4) is 0 Å². The lowest BCUT2D eigenvalue weighted by Gasteiger charge is -2.13. The number of ketones is 1. The smallest absolute Gasteiger partial charge is 0.271 e. The number of amides is 2. The fourth-order valence-corrected chi connectivity index (χ4v) is 2.20. The highest BCUT2D eigenvalue weighted by Gasteiger charge is 2.33. The largest absolute Gasteiger partial charge is 0.338 e. The summed E-state index contributed by atoms with van der Waals surface area (Å²) in [5.74, 6) is -0.644. The van der Waals surface area contributed by atoms with Gasteiger partial charge >= 0.3 is 0 Å². The molecule has 1 aliphatic rings. The third kappa shape index (κ3) is 3.11. The summed E-state index contributed by atoms with van der Waals surface area (Å²) in [4.78, 5) is 40.6. The first-order valence-electron chi connectivity index (χ1n) is 6.80. The van der Waals surface area contributed by atoms with Crippen LogP contribution in [0, 0.1) is 6.92 Å². The maximum absolute atomic E-state index is 12.2. The van der Waals surface area contributed by atoms with Crippen molar-refractivity contribution in [3.8, 4) is 0 Å². The van der Waals surface area contributed by atoms with Crippen LogP contribution in [0.5, 0.6) is 0 Å². The molecule has 0 radical (unpaired) electrons. The van der Waals surface area contributed by atoms with Crippen LogP contribution in [-0.4, -0.2) is 41.9 Å². The predicted molar refractivity (Wildman–Crippen MR) is 75.8 cm³/mol. The Kier molecular flexibility index (Phi) is 4.37. The van der Waals surface area contributed by atoms with Crippen molar-refractivity contribution in [1.29, 1.82) is 0 Å². The van der Waals surface area contributed by atoms with Crippen molar-refractivity contribution in [2.24, 2.45) is 0 Å². The molecular weight excluding hydrogens is 272 g/mol. The van der Waals surface area contributed by atoms with Crippen molar-refractivity contribution >= 4 is 17.6 Å². The molecule has 1 N–H and O–H groups in total. The van der Waals surface area contributed by atoms with Crippen molar-refractivity contribution in [2.45, 2.75) is 26.8 Å². The number of hydroxylamine groups is 2. The minimum absolute atomic E-state index is 0.0528. The number of nitrogens with zero attached hydrogens (tertiary/aromatic N) is 1. The standard InChI is InChI=1S/C15H18N2O4/c1-4-17-15(20)13(8-21-17)16-14(19)12-6-5-11(10(3)18)7-9(12)2/h5-7,13H,4,8H2,1-3H3,(H,16,19). The molecule has 21 heavy (non-hydrogen) atoms. The fraction of sp³-hybridized carbons (Fsp3) is 0.400. The Morgan fingerprint density at radius 1 is 1.43 bits per heavy atom. The zero-order valence-corrected chi connectivity index (χ0v) is 12.3. The molecule has 0 bridgehead atoms. The van der Waals surface area contributed by atoms with Crippen LogP contribution in [0.2, 0.25) is 0 Å². The molecule has 1 heterocycles. The van der Waals surface area contributed by atoms with Crippen LogP contribution < -0.4 is 5.32 Å². The Bertz CT molecular complexity index is 597. The highest BCUT2D eigenvalue weighted by Crippen LogP contribution is 2.13. The predicted octanol–water partition coefficient (Wildman–Crippen LogP) is 1.09. The van der Waals surface area contributed by atoms with Gasteiger partial charge in [0.15, 0.2) is 5.78 Å². The number of hydrogen-bond acceptors (Lipinski definition) is 4. The average Bonchev–Trinajstić information content (AvgIpc) is 2.79. The first-order valence-corrected chi connectivity index (χ1v) is 6.80. The van der Waals surface area contributed by atoms with Gasteiger partial charge in [-0.1, -0.05) is 6.07 Å². The van der Waals surface area contributed by atoms with Crippen LogP contribution in [0.25, 0.3) is 0 Å². The van der Waals surface area contributed by atoms with E-state index >= 15 is 0 Å². The number of carbonyl (C=O) groups excluding carboxylic acids is 3. The van der Waals surface area contributed by atoms with Gasteiger partial charge in [-0.25, -0.2) is 5.06 Å². The van der Waals surface area contributed by atoms with Crippen molar-refractivity contribution < 1.29 is 19.2 Å². The van der Waals surface area contributed by atoms with Gasteiger partial charge in [-0.2, -0.15) is 0 Å². The van der Waals surface area contributed by atoms with E-state index < -0.39 is 6.04 Å². The van der Waals surface area contributed by atoms with Gasteiger partial charge in [0.2, 0.25) is 0 Å². The minimum atomic E-state index is -0.663. The number of Topliss-reactive ketones (excluding diaryl/α,β-unsaturated/α-hetero) is 1. The van der Waals surface area contributed by atoms with Gasteiger partial charge in [0.1, 0.15) is 12.6 Å². The Balaban J connectivity index is 2.11. The molecule has 6 heteroatoms. The third-order valence-corrected chi connectivity index (χ3v) is 3.41. The maximum atomic E-state index is 12.2. The summed E-state index contributed by atoms with van der Waals surface area (Å²) in [7, 11) is 0. The molecule has 1 aromatic rings. The summed E-state index contributed by atoms with van der Waals surface area (Å²) >= 11 is 0. The summed E-state index contributed by atoms with van der Waals surface area (Å²) < 4.78 is 0. The summed E-state index contributed by atoms with van der Waals surface area (Å²) in [6.07, 6.45) is 0. The molecule has 1 unspecified atom stereocenters. The second-order valence-electron chi connectivity index (χ2n) is 4.94. The monoisotopic (exact) mass is 290 g/mol. The summed E-state index contributed by atoms with van der Waals surface area (Å²) in [6.45, 7) is 5.61. The van der Waals surface area contributed by atoms with Gasteiger partial charge in [0.25, 0.3) is 11.8 Å². The minimum Gasteiger partial charge on any atom is -0.338 e. The Morgan fingerprint density at radius 2 is 2.14 bits per heavy atom. The lowest BCUT2D eigenvalue weighted by Crippen LogP contribution is -2.42. The number of nitrogens with one attached hydrogen (secondary N) is 1. The van der Waals surface area contributed by atoms with E-state index in [1.54, 1.807) is 32.0 Å². The molecule has 0 aromatic heterocycles. The van der Waals surface area contributed by atoms with E-state index in [1.165, 1.54) is 12.0 Å². The molecule has 1 fully saturated rings. The van der Waals surface area contributed by atoms with Crippen LogP contribution in [-0.2, 0) is 9.63 Å². The lowest BCUT2D eigenvalue weighted by molar-refractivity contribution is -0.160. The van der Waals surface area contributed by atoms with Gasteiger partial charge in [-0.15, -0.1) is 0 Å². The quantitative estimate of drug-likeness (QED) is 0.842. The summed E-state index contributed by atoms with van der Waals surface area (Å²) in [5, 5.41) is 3.89. The van der Waals surface area contributed by atoms with E-state index in [2.05, 4.69) is 5.32 Å². The second kappa shape index (κ2) is 6.05. The fourth-order valence-electron chi connectivity index (χ4n) is 2.20. The number of aryl methyl sites for hydroxylation is 1. The molecular formula is C15H18N2O4. The Labute approximate surface area is 123 Å². The number of rotatable bonds is 4. The van der Waals surface area contributed by atoms with E-state index in [9.17, 15) is 14.4 Å². The number of benzene rings is 1. The molecule has 2 amide bonds. The highest BCUT2D eigenvalue weighted by atomic mass is 16.7. The summed E-state index contributed by atoms with van der Waals surface area (Å²) in [6, 6.07) is 4.21. The Hall–Kier alpha value is -2.21. The molecule has 112 valence electrons. The van der Waals surface area contributed by atoms with E-state index in [4.69, 9.17) is 4.84 Å². The summed E-state index contributed by atoms with van der Waals surface area (Å²) in [5.41, 5.74) is 1.70. The normalized spacial score (nSPS) is 18.0. The van der Waals surface area contributed by atoms with E-state index in [0.29, 0.717) is 23.2 Å². The van der Waals surface area contributed by atoms with Gasteiger partial charge in [-0.3, -0.25) is 19.2 Å². The van der Waals surface area contributed by atoms with Gasteiger partial charge < -0.3 is 5.32 Å².